The molecular formula is C20H22N8O4S. The molecule has 1 saturated heterocycles. The predicted octanol–water partition coefficient (Wildman–Crippen LogP) is 0.737. The third kappa shape index (κ3) is 5.31. The van der Waals surface area contributed by atoms with Crippen LogP contribution < -0.4 is 14.9 Å². The third-order valence-electron chi connectivity index (χ3n) is 5.12. The first-order chi connectivity index (χ1) is 15.8. The molecule has 1 aliphatic heterocycles. The van der Waals surface area contributed by atoms with E-state index in [0.717, 1.165) is 26.3 Å². The monoisotopic (exact) mass is 470 g/mol. The van der Waals surface area contributed by atoms with E-state index in [1.165, 1.54) is 41.6 Å². The molecule has 0 spiro atoms. The number of anilines is 2. The van der Waals surface area contributed by atoms with Crippen LogP contribution in [0.2, 0.25) is 0 Å². The van der Waals surface area contributed by atoms with Gasteiger partial charge in [0.2, 0.25) is 11.8 Å². The lowest BCUT2D eigenvalue weighted by atomic mass is 9.97. The number of amides is 2. The van der Waals surface area contributed by atoms with E-state index in [9.17, 15) is 18.0 Å². The van der Waals surface area contributed by atoms with Gasteiger partial charge in [-0.15, -0.1) is 10.2 Å². The van der Waals surface area contributed by atoms with Crippen molar-refractivity contribution in [1.29, 1.82) is 0 Å². The molecule has 1 atom stereocenters. The van der Waals surface area contributed by atoms with E-state index in [1.807, 2.05) is 15.7 Å². The SMILES string of the molecule is CC(=O)NS(=O)(=O)c1ccc(NC(=O)C2CCCN(c3ccc(-n4cncn4)nn3)C2)cc1. The number of sulfonamides is 1. The minimum absolute atomic E-state index is 0.0625. The molecule has 172 valence electrons. The van der Waals surface area contributed by atoms with Crippen molar-refractivity contribution >= 4 is 33.3 Å². The van der Waals surface area contributed by atoms with Gasteiger partial charge < -0.3 is 10.2 Å². The van der Waals surface area contributed by atoms with Crippen LogP contribution in [-0.4, -0.2) is 58.3 Å². The van der Waals surface area contributed by atoms with Gasteiger partial charge in [0.25, 0.3) is 10.0 Å². The summed E-state index contributed by atoms with van der Waals surface area (Å²) in [5.74, 6) is 0.116. The average molecular weight is 471 g/mol. The molecule has 12 nitrogen and oxygen atoms in total. The van der Waals surface area contributed by atoms with Gasteiger partial charge in [-0.2, -0.15) is 5.10 Å². The molecule has 3 aromatic rings. The fourth-order valence-corrected chi connectivity index (χ4v) is 4.54. The normalized spacial score (nSPS) is 16.3. The molecule has 1 unspecified atom stereocenters. The van der Waals surface area contributed by atoms with Gasteiger partial charge in [0, 0.05) is 25.7 Å². The van der Waals surface area contributed by atoms with E-state index < -0.39 is 15.9 Å². The molecule has 3 heterocycles. The summed E-state index contributed by atoms with van der Waals surface area (Å²) < 4.78 is 27.5. The lowest BCUT2D eigenvalue weighted by molar-refractivity contribution is -0.120. The maximum atomic E-state index is 12.8. The third-order valence-corrected chi connectivity index (χ3v) is 6.57. The largest absolute Gasteiger partial charge is 0.354 e. The standard InChI is InChI=1S/C20H22N8O4S/c1-14(29)26-33(31,32)17-6-4-16(5-7-17)23-20(30)15-3-2-10-27(11-15)18-8-9-19(25-24-18)28-13-21-12-22-28/h4-9,12-13,15H,2-3,10-11H2,1H3,(H,23,30)(H,26,29). The zero-order valence-electron chi connectivity index (χ0n) is 17.7. The molecule has 1 fully saturated rings. The highest BCUT2D eigenvalue weighted by molar-refractivity contribution is 7.90. The molecule has 2 N–H and O–H groups in total. The first kappa shape index (κ1) is 22.3. The van der Waals surface area contributed by atoms with Crippen molar-refractivity contribution in [3.8, 4) is 5.82 Å². The van der Waals surface area contributed by atoms with E-state index >= 15 is 0 Å². The Hall–Kier alpha value is -3.87. The second kappa shape index (κ2) is 9.32. The van der Waals surface area contributed by atoms with E-state index in [2.05, 4.69) is 25.6 Å². The van der Waals surface area contributed by atoms with Crippen molar-refractivity contribution < 1.29 is 18.0 Å². The molecule has 0 radical (unpaired) electrons. The molecule has 1 aromatic carbocycles. The van der Waals surface area contributed by atoms with E-state index in [1.54, 1.807) is 6.07 Å². The minimum Gasteiger partial charge on any atom is -0.354 e. The van der Waals surface area contributed by atoms with Crippen molar-refractivity contribution in [2.45, 2.75) is 24.7 Å². The van der Waals surface area contributed by atoms with Gasteiger partial charge in [-0.3, -0.25) is 9.59 Å². The zero-order valence-corrected chi connectivity index (χ0v) is 18.6. The van der Waals surface area contributed by atoms with Crippen molar-refractivity contribution in [2.24, 2.45) is 5.92 Å². The number of aromatic nitrogens is 5. The van der Waals surface area contributed by atoms with Gasteiger partial charge in [0.1, 0.15) is 12.7 Å². The van der Waals surface area contributed by atoms with E-state index in [0.29, 0.717) is 23.9 Å². The summed E-state index contributed by atoms with van der Waals surface area (Å²) in [4.78, 5) is 29.7. The first-order valence-corrected chi connectivity index (χ1v) is 11.7. The number of piperidine rings is 1. The number of benzene rings is 1. The maximum Gasteiger partial charge on any atom is 0.264 e. The first-order valence-electron chi connectivity index (χ1n) is 10.2. The zero-order chi connectivity index (χ0) is 23.4. The number of hydrogen-bond donors (Lipinski definition) is 2. The van der Waals surface area contributed by atoms with Crippen LogP contribution in [0.5, 0.6) is 0 Å². The van der Waals surface area contributed by atoms with Gasteiger partial charge >= 0.3 is 0 Å². The molecule has 2 aromatic heterocycles. The molecule has 33 heavy (non-hydrogen) atoms. The molecule has 2 amide bonds. The molecular weight excluding hydrogens is 448 g/mol. The van der Waals surface area contributed by atoms with E-state index in [4.69, 9.17) is 0 Å². The number of nitrogens with zero attached hydrogens (tertiary/aromatic N) is 6. The fourth-order valence-electron chi connectivity index (χ4n) is 3.54. The molecule has 0 saturated carbocycles. The Labute approximate surface area is 190 Å². The summed E-state index contributed by atoms with van der Waals surface area (Å²) in [7, 11) is -3.92. The molecule has 4 rings (SSSR count). The topological polar surface area (TPSA) is 152 Å². The van der Waals surface area contributed by atoms with Crippen molar-refractivity contribution in [2.75, 3.05) is 23.3 Å². The number of carbonyl (C=O) groups is 2. The van der Waals surface area contributed by atoms with Gasteiger partial charge in [-0.05, 0) is 49.2 Å². The summed E-state index contributed by atoms with van der Waals surface area (Å²) in [6.45, 7) is 2.37. The van der Waals surface area contributed by atoms with Crippen molar-refractivity contribution in [1.82, 2.24) is 29.7 Å². The summed E-state index contributed by atoms with van der Waals surface area (Å²) in [6.07, 6.45) is 4.49. The Bertz CT molecular complexity index is 1230. The van der Waals surface area contributed by atoms with Crippen LogP contribution in [0.1, 0.15) is 19.8 Å². The average Bonchev–Trinajstić information content (AvgIpc) is 3.34. The summed E-state index contributed by atoms with van der Waals surface area (Å²) in [5.41, 5.74) is 0.468. The highest BCUT2D eigenvalue weighted by Crippen LogP contribution is 2.23. The van der Waals surface area contributed by atoms with Crippen LogP contribution >= 0.6 is 0 Å². The predicted molar refractivity (Wildman–Crippen MR) is 118 cm³/mol. The number of carbonyl (C=O) groups excluding carboxylic acids is 2. The molecule has 0 aliphatic carbocycles. The second-order valence-electron chi connectivity index (χ2n) is 7.55. The van der Waals surface area contributed by atoms with Crippen LogP contribution in [-0.2, 0) is 19.6 Å². The van der Waals surface area contributed by atoms with Gasteiger partial charge in [-0.1, -0.05) is 0 Å². The highest BCUT2D eigenvalue weighted by atomic mass is 32.2. The Morgan fingerprint density at radius 1 is 1.06 bits per heavy atom. The molecule has 1 aliphatic rings. The summed E-state index contributed by atoms with van der Waals surface area (Å²) >= 11 is 0. The minimum atomic E-state index is -3.92. The Balaban J connectivity index is 1.38. The Kier molecular flexibility index (Phi) is 6.31. The lowest BCUT2D eigenvalue weighted by Crippen LogP contribution is -2.41. The Morgan fingerprint density at radius 3 is 2.42 bits per heavy atom. The number of rotatable bonds is 6. The molecule has 0 bridgehead atoms. The van der Waals surface area contributed by atoms with Gasteiger partial charge in [-0.25, -0.2) is 22.8 Å². The van der Waals surface area contributed by atoms with Crippen LogP contribution in [0, 0.1) is 5.92 Å². The second-order valence-corrected chi connectivity index (χ2v) is 9.23. The fraction of sp³-hybridized carbons (Fsp3) is 0.300. The quantitative estimate of drug-likeness (QED) is 0.531. The molecule has 13 heteroatoms. The highest BCUT2D eigenvalue weighted by Gasteiger charge is 2.27. The van der Waals surface area contributed by atoms with Gasteiger partial charge in [0.05, 0.1) is 10.8 Å². The summed E-state index contributed by atoms with van der Waals surface area (Å²) in [6, 6.07) is 9.26. The van der Waals surface area contributed by atoms with Crippen LogP contribution in [0.25, 0.3) is 5.82 Å². The van der Waals surface area contributed by atoms with E-state index in [-0.39, 0.29) is 16.7 Å². The Morgan fingerprint density at radius 2 is 1.79 bits per heavy atom. The van der Waals surface area contributed by atoms with Crippen molar-refractivity contribution in [3.05, 3.63) is 49.1 Å². The smallest absolute Gasteiger partial charge is 0.264 e. The van der Waals surface area contributed by atoms with Crippen LogP contribution in [0.3, 0.4) is 0 Å². The van der Waals surface area contributed by atoms with Crippen LogP contribution in [0.4, 0.5) is 11.5 Å². The summed E-state index contributed by atoms with van der Waals surface area (Å²) in [5, 5.41) is 15.3. The maximum absolute atomic E-state index is 12.8. The lowest BCUT2D eigenvalue weighted by Gasteiger charge is -2.32. The van der Waals surface area contributed by atoms with Crippen molar-refractivity contribution in [3.63, 3.8) is 0 Å². The van der Waals surface area contributed by atoms with Gasteiger partial charge in [0.15, 0.2) is 11.6 Å². The number of hydrogen-bond acceptors (Lipinski definition) is 9. The van der Waals surface area contributed by atoms with Crippen LogP contribution in [0.15, 0.2) is 53.9 Å². The number of nitrogens with one attached hydrogen (secondary N) is 2.